The molecular weight excluding hydrogens is 328 g/mol. The molecule has 0 aliphatic carbocycles. The number of hydrogen-bond acceptors (Lipinski definition) is 5. The van der Waals surface area contributed by atoms with Gasteiger partial charge in [-0.05, 0) is 38.5 Å². The predicted molar refractivity (Wildman–Crippen MR) is 88.4 cm³/mol. The van der Waals surface area contributed by atoms with Gasteiger partial charge in [-0.25, -0.2) is 18.7 Å². The van der Waals surface area contributed by atoms with Gasteiger partial charge in [-0.1, -0.05) is 6.07 Å². The summed E-state index contributed by atoms with van der Waals surface area (Å²) in [5.74, 6) is -0.976. The van der Waals surface area contributed by atoms with Crippen molar-refractivity contribution in [3.8, 4) is 0 Å². The highest BCUT2D eigenvalue weighted by molar-refractivity contribution is 5.52. The minimum absolute atomic E-state index is 0.0632. The van der Waals surface area contributed by atoms with Crippen LogP contribution in [0.5, 0.6) is 0 Å². The van der Waals surface area contributed by atoms with Crippen LogP contribution in [0.15, 0.2) is 30.3 Å². The number of nitrogens with zero attached hydrogens (tertiary/aromatic N) is 3. The van der Waals surface area contributed by atoms with Gasteiger partial charge in [0.25, 0.3) is 0 Å². The normalized spacial score (nSPS) is 13.5. The molecule has 0 radical (unpaired) electrons. The molecule has 3 aromatic rings. The molecule has 2 aromatic heterocycles. The van der Waals surface area contributed by atoms with Crippen molar-refractivity contribution >= 4 is 11.6 Å². The molecule has 3 N–H and O–H groups in total. The highest BCUT2D eigenvalue weighted by Gasteiger charge is 2.30. The molecule has 1 aromatic carbocycles. The van der Waals surface area contributed by atoms with Crippen LogP contribution in [0.2, 0.25) is 0 Å². The molecule has 0 aliphatic heterocycles. The number of rotatable bonds is 4. The Morgan fingerprint density at radius 2 is 1.80 bits per heavy atom. The quantitative estimate of drug-likeness (QED) is 0.676. The Kier molecular flexibility index (Phi) is 4.22. The summed E-state index contributed by atoms with van der Waals surface area (Å²) in [6.07, 6.45) is 0. The number of aliphatic hydroxyl groups is 1. The third-order valence-corrected chi connectivity index (χ3v) is 3.73. The molecule has 1 atom stereocenters. The fourth-order valence-electron chi connectivity index (χ4n) is 2.39. The number of aromatic nitrogens is 4. The van der Waals surface area contributed by atoms with Gasteiger partial charge < -0.3 is 10.4 Å². The average Bonchev–Trinajstić information content (AvgIpc) is 2.94. The molecule has 0 fully saturated rings. The lowest BCUT2D eigenvalue weighted by atomic mass is 9.94. The van der Waals surface area contributed by atoms with Crippen molar-refractivity contribution in [3.05, 3.63) is 64.7 Å². The van der Waals surface area contributed by atoms with Crippen LogP contribution in [0.1, 0.15) is 29.7 Å². The van der Waals surface area contributed by atoms with Crippen molar-refractivity contribution in [2.75, 3.05) is 5.32 Å². The molecule has 2 heterocycles. The molecule has 0 spiro atoms. The molecule has 0 saturated heterocycles. The standard InChI is InChI=1S/C17H17F2N5O/c1-9-6-14(21-15-7-10(2)23-24-15)22-16(20-9)17(3,25)11-4-5-12(18)13(19)8-11/h4-8,25H,1-3H3,(H2,20,21,22,23,24). The molecule has 0 bridgehead atoms. The second-order valence-electron chi connectivity index (χ2n) is 5.98. The zero-order chi connectivity index (χ0) is 18.2. The molecule has 130 valence electrons. The Hall–Kier alpha value is -2.87. The number of aromatic amines is 1. The summed E-state index contributed by atoms with van der Waals surface area (Å²) in [5, 5.41) is 20.7. The third kappa shape index (κ3) is 3.48. The topological polar surface area (TPSA) is 86.7 Å². The fraction of sp³-hybridized carbons (Fsp3) is 0.235. The van der Waals surface area contributed by atoms with E-state index in [0.717, 1.165) is 17.8 Å². The first-order chi connectivity index (χ1) is 11.8. The summed E-state index contributed by atoms with van der Waals surface area (Å²) in [6, 6.07) is 6.68. The summed E-state index contributed by atoms with van der Waals surface area (Å²) < 4.78 is 26.7. The number of halogens is 2. The third-order valence-electron chi connectivity index (χ3n) is 3.73. The maximum Gasteiger partial charge on any atom is 0.166 e. The number of hydrogen-bond donors (Lipinski definition) is 3. The van der Waals surface area contributed by atoms with E-state index in [9.17, 15) is 13.9 Å². The number of aryl methyl sites for hydroxylation is 2. The van der Waals surface area contributed by atoms with Gasteiger partial charge in [0, 0.05) is 23.5 Å². The molecule has 1 unspecified atom stereocenters. The van der Waals surface area contributed by atoms with E-state index in [1.165, 1.54) is 13.0 Å². The molecule has 3 rings (SSSR count). The van der Waals surface area contributed by atoms with E-state index in [1.54, 1.807) is 19.1 Å². The van der Waals surface area contributed by atoms with Crippen molar-refractivity contribution in [3.63, 3.8) is 0 Å². The Bertz CT molecular complexity index is 923. The summed E-state index contributed by atoms with van der Waals surface area (Å²) in [6.45, 7) is 5.03. The van der Waals surface area contributed by atoms with E-state index in [1.807, 2.05) is 6.92 Å². The van der Waals surface area contributed by atoms with E-state index in [-0.39, 0.29) is 11.4 Å². The van der Waals surface area contributed by atoms with Crippen LogP contribution in [0.4, 0.5) is 20.4 Å². The molecular formula is C17H17F2N5O. The van der Waals surface area contributed by atoms with Gasteiger partial charge in [-0.3, -0.25) is 5.10 Å². The summed E-state index contributed by atoms with van der Waals surface area (Å²) in [7, 11) is 0. The van der Waals surface area contributed by atoms with Gasteiger partial charge in [0.1, 0.15) is 11.4 Å². The first-order valence-corrected chi connectivity index (χ1v) is 7.59. The van der Waals surface area contributed by atoms with Crippen molar-refractivity contribution < 1.29 is 13.9 Å². The SMILES string of the molecule is Cc1cc(Nc2cc(C)[nH]n2)nc(C(C)(O)c2ccc(F)c(F)c2)n1. The van der Waals surface area contributed by atoms with Gasteiger partial charge in [0.2, 0.25) is 0 Å². The average molecular weight is 345 g/mol. The van der Waals surface area contributed by atoms with Gasteiger partial charge in [-0.15, -0.1) is 0 Å². The number of anilines is 2. The molecule has 8 heteroatoms. The van der Waals surface area contributed by atoms with E-state index in [2.05, 4.69) is 25.5 Å². The maximum atomic E-state index is 13.5. The van der Waals surface area contributed by atoms with Crippen molar-refractivity contribution in [1.29, 1.82) is 0 Å². The van der Waals surface area contributed by atoms with Crippen LogP contribution in [-0.4, -0.2) is 25.3 Å². The van der Waals surface area contributed by atoms with E-state index >= 15 is 0 Å². The zero-order valence-corrected chi connectivity index (χ0v) is 13.9. The van der Waals surface area contributed by atoms with Gasteiger partial charge in [0.05, 0.1) is 0 Å². The molecule has 6 nitrogen and oxygen atoms in total. The highest BCUT2D eigenvalue weighted by Crippen LogP contribution is 2.29. The van der Waals surface area contributed by atoms with Crippen LogP contribution in [0.25, 0.3) is 0 Å². The van der Waals surface area contributed by atoms with Crippen molar-refractivity contribution in [1.82, 2.24) is 20.2 Å². The zero-order valence-electron chi connectivity index (χ0n) is 13.9. The van der Waals surface area contributed by atoms with Crippen LogP contribution >= 0.6 is 0 Å². The van der Waals surface area contributed by atoms with E-state index in [4.69, 9.17) is 0 Å². The van der Waals surface area contributed by atoms with Crippen LogP contribution in [-0.2, 0) is 5.60 Å². The summed E-state index contributed by atoms with van der Waals surface area (Å²) in [5.41, 5.74) is -0.0677. The predicted octanol–water partition coefficient (Wildman–Crippen LogP) is 3.09. The summed E-state index contributed by atoms with van der Waals surface area (Å²) in [4.78, 5) is 8.53. The van der Waals surface area contributed by atoms with E-state index < -0.39 is 17.2 Å². The minimum Gasteiger partial charge on any atom is -0.377 e. The van der Waals surface area contributed by atoms with Crippen molar-refractivity contribution in [2.24, 2.45) is 0 Å². The van der Waals surface area contributed by atoms with Gasteiger partial charge in [-0.2, -0.15) is 5.10 Å². The van der Waals surface area contributed by atoms with Crippen LogP contribution < -0.4 is 5.32 Å². The first kappa shape index (κ1) is 17.0. The Morgan fingerprint density at radius 3 is 2.44 bits per heavy atom. The second-order valence-corrected chi connectivity index (χ2v) is 5.98. The summed E-state index contributed by atoms with van der Waals surface area (Å²) >= 11 is 0. The highest BCUT2D eigenvalue weighted by atomic mass is 19.2. The molecule has 0 saturated carbocycles. The van der Waals surface area contributed by atoms with Crippen LogP contribution in [0.3, 0.4) is 0 Å². The maximum absolute atomic E-state index is 13.5. The Morgan fingerprint density at radius 1 is 1.04 bits per heavy atom. The largest absolute Gasteiger partial charge is 0.377 e. The lowest BCUT2D eigenvalue weighted by molar-refractivity contribution is 0.0916. The number of H-pyrrole nitrogens is 1. The van der Waals surface area contributed by atoms with Crippen molar-refractivity contribution in [2.45, 2.75) is 26.4 Å². The van der Waals surface area contributed by atoms with Gasteiger partial charge in [0.15, 0.2) is 23.3 Å². The smallest absolute Gasteiger partial charge is 0.166 e. The van der Waals surface area contributed by atoms with Crippen LogP contribution in [0, 0.1) is 25.5 Å². The number of benzene rings is 1. The van der Waals surface area contributed by atoms with Gasteiger partial charge >= 0.3 is 0 Å². The first-order valence-electron chi connectivity index (χ1n) is 7.59. The Labute approximate surface area is 143 Å². The molecule has 0 amide bonds. The lowest BCUT2D eigenvalue weighted by Crippen LogP contribution is -2.27. The lowest BCUT2D eigenvalue weighted by Gasteiger charge is -2.23. The monoisotopic (exact) mass is 345 g/mol. The molecule has 25 heavy (non-hydrogen) atoms. The Balaban J connectivity index is 1.99. The molecule has 0 aliphatic rings. The van der Waals surface area contributed by atoms with E-state index in [0.29, 0.717) is 17.3 Å². The minimum atomic E-state index is -1.70. The number of nitrogens with one attached hydrogen (secondary N) is 2. The fourth-order valence-corrected chi connectivity index (χ4v) is 2.39. The second kappa shape index (κ2) is 6.21.